The number of nitrogens with zero attached hydrogens (tertiary/aromatic N) is 2. The third kappa shape index (κ3) is 2.35. The van der Waals surface area contributed by atoms with E-state index >= 15 is 0 Å². The van der Waals surface area contributed by atoms with Crippen molar-refractivity contribution in [2.45, 2.75) is 11.3 Å². The number of anilines is 1. The van der Waals surface area contributed by atoms with Crippen LogP contribution < -0.4 is 5.01 Å². The van der Waals surface area contributed by atoms with Crippen LogP contribution in [0.5, 0.6) is 0 Å². The molecule has 0 saturated carbocycles. The Morgan fingerprint density at radius 1 is 1.28 bits per heavy atom. The van der Waals surface area contributed by atoms with Crippen molar-refractivity contribution in [3.8, 4) is 0 Å². The summed E-state index contributed by atoms with van der Waals surface area (Å²) in [6, 6.07) is 2.00. The quantitative estimate of drug-likeness (QED) is 0.846. The maximum Gasteiger partial charge on any atom is 0.294 e. The largest absolute Gasteiger partial charge is 0.294 e. The van der Waals surface area contributed by atoms with Gasteiger partial charge in [0.25, 0.3) is 16.0 Å². The van der Waals surface area contributed by atoms with Crippen LogP contribution in [0.1, 0.15) is 6.42 Å². The molecule has 6 nitrogen and oxygen atoms in total. The van der Waals surface area contributed by atoms with E-state index in [4.69, 9.17) is 27.8 Å². The van der Waals surface area contributed by atoms with Crippen molar-refractivity contribution >= 4 is 51.1 Å². The molecule has 0 unspecified atom stereocenters. The minimum absolute atomic E-state index is 0.0875. The number of hydrogen-bond acceptors (Lipinski definition) is 4. The van der Waals surface area contributed by atoms with Crippen LogP contribution in [0.3, 0.4) is 0 Å². The van der Waals surface area contributed by atoms with Gasteiger partial charge in [-0.05, 0) is 12.1 Å². The highest BCUT2D eigenvalue weighted by Crippen LogP contribution is 2.37. The predicted octanol–water partition coefficient (Wildman–Crippen LogP) is 1.96. The molecular formula is C9H6Cl2N2O4S. The molecule has 0 aromatic heterocycles. The molecule has 1 aliphatic rings. The van der Waals surface area contributed by atoms with E-state index in [2.05, 4.69) is 5.10 Å². The lowest BCUT2D eigenvalue weighted by molar-refractivity contribution is -0.116. The van der Waals surface area contributed by atoms with Crippen LogP contribution in [-0.2, 0) is 14.9 Å². The first kappa shape index (κ1) is 13.3. The van der Waals surface area contributed by atoms with Crippen molar-refractivity contribution in [1.29, 1.82) is 0 Å². The summed E-state index contributed by atoms with van der Waals surface area (Å²) >= 11 is 11.7. The monoisotopic (exact) mass is 308 g/mol. The second-order valence-corrected chi connectivity index (χ2v) is 5.65. The fourth-order valence-corrected chi connectivity index (χ4v) is 2.74. The Morgan fingerprint density at radius 2 is 1.83 bits per heavy atom. The van der Waals surface area contributed by atoms with Crippen LogP contribution >= 0.6 is 23.2 Å². The summed E-state index contributed by atoms with van der Waals surface area (Å²) in [5.74, 6) is -0.335. The van der Waals surface area contributed by atoms with E-state index in [1.165, 1.54) is 6.21 Å². The van der Waals surface area contributed by atoms with Crippen LogP contribution in [0.4, 0.5) is 5.69 Å². The zero-order valence-electron chi connectivity index (χ0n) is 8.67. The molecule has 0 atom stereocenters. The van der Waals surface area contributed by atoms with Gasteiger partial charge in [0.1, 0.15) is 5.69 Å². The Hall–Kier alpha value is -1.15. The molecular weight excluding hydrogens is 303 g/mol. The normalized spacial score (nSPS) is 15.5. The van der Waals surface area contributed by atoms with E-state index < -0.39 is 15.0 Å². The van der Waals surface area contributed by atoms with Crippen LogP contribution in [0, 0.1) is 0 Å². The molecule has 0 radical (unpaired) electrons. The van der Waals surface area contributed by atoms with Gasteiger partial charge in [0, 0.05) is 6.21 Å². The molecule has 1 aromatic carbocycles. The zero-order chi connectivity index (χ0) is 13.5. The standard InChI is InChI=1S/C9H6Cl2N2O4S/c10-6-3-5(18(15,16)17)4-7(11)9(6)13-8(14)1-2-12-13/h2-4H,1H2,(H,15,16,17). The number of carbonyl (C=O) groups is 1. The van der Waals surface area contributed by atoms with Crippen molar-refractivity contribution in [2.24, 2.45) is 5.10 Å². The summed E-state index contributed by atoms with van der Waals surface area (Å²) in [7, 11) is -4.41. The van der Waals surface area contributed by atoms with Crippen molar-refractivity contribution in [1.82, 2.24) is 0 Å². The molecule has 0 aliphatic carbocycles. The van der Waals surface area contributed by atoms with E-state index in [-0.39, 0.29) is 28.1 Å². The first-order valence-electron chi connectivity index (χ1n) is 4.62. The molecule has 1 N–H and O–H groups in total. The molecule has 0 fully saturated rings. The van der Waals surface area contributed by atoms with Gasteiger partial charge < -0.3 is 0 Å². The third-order valence-electron chi connectivity index (χ3n) is 2.20. The van der Waals surface area contributed by atoms with E-state index in [1.807, 2.05) is 0 Å². The van der Waals surface area contributed by atoms with Crippen LogP contribution in [-0.4, -0.2) is 25.1 Å². The van der Waals surface area contributed by atoms with Gasteiger partial charge in [-0.2, -0.15) is 18.5 Å². The van der Waals surface area contributed by atoms with Gasteiger partial charge in [-0.25, -0.2) is 0 Å². The highest BCUT2D eigenvalue weighted by Gasteiger charge is 2.25. The van der Waals surface area contributed by atoms with E-state index in [9.17, 15) is 13.2 Å². The number of amides is 1. The predicted molar refractivity (Wildman–Crippen MR) is 66.9 cm³/mol. The smallest absolute Gasteiger partial charge is 0.282 e. The van der Waals surface area contributed by atoms with Gasteiger partial charge in [-0.1, -0.05) is 23.2 Å². The van der Waals surface area contributed by atoms with Crippen LogP contribution in [0.15, 0.2) is 22.1 Å². The first-order valence-corrected chi connectivity index (χ1v) is 6.82. The van der Waals surface area contributed by atoms with Crippen LogP contribution in [0.25, 0.3) is 0 Å². The number of benzene rings is 1. The molecule has 1 heterocycles. The van der Waals surface area contributed by atoms with Gasteiger partial charge in [0.2, 0.25) is 0 Å². The third-order valence-corrected chi connectivity index (χ3v) is 3.61. The van der Waals surface area contributed by atoms with E-state index in [0.717, 1.165) is 17.1 Å². The highest BCUT2D eigenvalue weighted by atomic mass is 35.5. The molecule has 0 bridgehead atoms. The second kappa shape index (κ2) is 4.51. The number of hydrazone groups is 1. The summed E-state index contributed by atoms with van der Waals surface area (Å²) in [6.45, 7) is 0. The van der Waals surface area contributed by atoms with Crippen molar-refractivity contribution in [2.75, 3.05) is 5.01 Å². The summed E-state index contributed by atoms with van der Waals surface area (Å²) in [5.41, 5.74) is 0.0875. The average Bonchev–Trinajstić information content (AvgIpc) is 2.62. The summed E-state index contributed by atoms with van der Waals surface area (Å²) in [5, 5.41) is 4.57. The molecule has 0 spiro atoms. The van der Waals surface area contributed by atoms with Crippen molar-refractivity contribution in [3.05, 3.63) is 22.2 Å². The maximum atomic E-state index is 11.5. The second-order valence-electron chi connectivity index (χ2n) is 3.42. The minimum Gasteiger partial charge on any atom is -0.282 e. The number of rotatable bonds is 2. The lowest BCUT2D eigenvalue weighted by Crippen LogP contribution is -2.20. The summed E-state index contributed by atoms with van der Waals surface area (Å²) < 4.78 is 30.8. The Morgan fingerprint density at radius 3 is 2.22 bits per heavy atom. The lowest BCUT2D eigenvalue weighted by Gasteiger charge is -2.15. The van der Waals surface area contributed by atoms with Gasteiger partial charge in [0.05, 0.1) is 21.4 Å². The molecule has 9 heteroatoms. The molecule has 18 heavy (non-hydrogen) atoms. The molecule has 1 amide bonds. The first-order chi connectivity index (χ1) is 8.30. The van der Waals surface area contributed by atoms with Gasteiger partial charge in [-0.3, -0.25) is 9.35 Å². The fraction of sp³-hybridized carbons (Fsp3) is 0.111. The SMILES string of the molecule is O=C1CC=NN1c1c(Cl)cc(S(=O)(=O)O)cc1Cl. The number of carbonyl (C=O) groups excluding carboxylic acids is 1. The van der Waals surface area contributed by atoms with Gasteiger partial charge in [0.15, 0.2) is 0 Å². The topological polar surface area (TPSA) is 87.0 Å². The van der Waals surface area contributed by atoms with E-state index in [0.29, 0.717) is 0 Å². The Bertz CT molecular complexity index is 634. The molecule has 2 rings (SSSR count). The van der Waals surface area contributed by atoms with Gasteiger partial charge >= 0.3 is 0 Å². The molecule has 0 saturated heterocycles. The van der Waals surface area contributed by atoms with Crippen LogP contribution in [0.2, 0.25) is 10.0 Å². The number of halogens is 2. The fourth-order valence-electron chi connectivity index (χ4n) is 1.43. The summed E-state index contributed by atoms with van der Waals surface area (Å²) in [6.07, 6.45) is 1.50. The van der Waals surface area contributed by atoms with Crippen molar-refractivity contribution < 1.29 is 17.8 Å². The average molecular weight is 309 g/mol. The Kier molecular flexibility index (Phi) is 3.33. The maximum absolute atomic E-state index is 11.5. The lowest BCUT2D eigenvalue weighted by atomic mass is 10.3. The molecule has 1 aliphatic heterocycles. The molecule has 96 valence electrons. The van der Waals surface area contributed by atoms with E-state index in [1.54, 1.807) is 0 Å². The summed E-state index contributed by atoms with van der Waals surface area (Å²) in [4.78, 5) is 11.0. The minimum atomic E-state index is -4.41. The zero-order valence-corrected chi connectivity index (χ0v) is 11.0. The molecule has 1 aromatic rings. The highest BCUT2D eigenvalue weighted by molar-refractivity contribution is 7.85. The Balaban J connectivity index is 2.58. The number of hydrogen-bond donors (Lipinski definition) is 1. The Labute approximate surface area is 113 Å². The van der Waals surface area contributed by atoms with Crippen molar-refractivity contribution in [3.63, 3.8) is 0 Å². The van der Waals surface area contributed by atoms with Gasteiger partial charge in [-0.15, -0.1) is 0 Å².